The van der Waals surface area contributed by atoms with Gasteiger partial charge in [-0.25, -0.2) is 4.98 Å². The van der Waals surface area contributed by atoms with E-state index in [2.05, 4.69) is 9.88 Å². The molecule has 0 unspecified atom stereocenters. The number of benzene rings is 1. The first-order valence-corrected chi connectivity index (χ1v) is 8.27. The largest absolute Gasteiger partial charge is 0.336 e. The molecule has 0 bridgehead atoms. The first-order chi connectivity index (χ1) is 12.0. The molecule has 1 aliphatic rings. The highest BCUT2D eigenvalue weighted by Crippen LogP contribution is 2.20. The molecule has 8 nitrogen and oxygen atoms in total. The van der Waals surface area contributed by atoms with E-state index in [0.29, 0.717) is 24.2 Å². The Morgan fingerprint density at radius 1 is 1.24 bits per heavy atom. The van der Waals surface area contributed by atoms with Crippen LogP contribution in [0.1, 0.15) is 15.9 Å². The molecular formula is C17H21N5O3. The molecule has 1 fully saturated rings. The van der Waals surface area contributed by atoms with Crippen LogP contribution in [0.25, 0.3) is 0 Å². The van der Waals surface area contributed by atoms with Crippen molar-refractivity contribution in [2.45, 2.75) is 13.5 Å². The summed E-state index contributed by atoms with van der Waals surface area (Å²) >= 11 is 0. The molecule has 1 aliphatic heterocycles. The first-order valence-electron chi connectivity index (χ1n) is 8.27. The highest BCUT2D eigenvalue weighted by molar-refractivity contribution is 5.95. The van der Waals surface area contributed by atoms with Gasteiger partial charge in [0.25, 0.3) is 11.6 Å². The third-order valence-electron chi connectivity index (χ3n) is 4.55. The molecule has 132 valence electrons. The highest BCUT2D eigenvalue weighted by atomic mass is 16.6. The number of imidazole rings is 1. The Kier molecular flexibility index (Phi) is 5.08. The van der Waals surface area contributed by atoms with Crippen LogP contribution in [-0.4, -0.2) is 62.9 Å². The van der Waals surface area contributed by atoms with Crippen LogP contribution in [0, 0.1) is 17.0 Å². The molecule has 1 aromatic heterocycles. The second-order valence-corrected chi connectivity index (χ2v) is 6.19. The topological polar surface area (TPSA) is 84.5 Å². The molecule has 0 spiro atoms. The number of hydrogen-bond acceptors (Lipinski definition) is 5. The number of nitrogens with zero attached hydrogens (tertiary/aromatic N) is 5. The monoisotopic (exact) mass is 343 g/mol. The highest BCUT2D eigenvalue weighted by Gasteiger charge is 2.23. The van der Waals surface area contributed by atoms with Crippen LogP contribution in [0.2, 0.25) is 0 Å². The van der Waals surface area contributed by atoms with Crippen molar-refractivity contribution in [1.82, 2.24) is 19.4 Å². The maximum atomic E-state index is 12.6. The smallest absolute Gasteiger partial charge is 0.273 e. The van der Waals surface area contributed by atoms with Crippen molar-refractivity contribution < 1.29 is 9.72 Å². The predicted molar refractivity (Wildman–Crippen MR) is 92.4 cm³/mol. The minimum absolute atomic E-state index is 0.00943. The maximum Gasteiger partial charge on any atom is 0.273 e. The lowest BCUT2D eigenvalue weighted by molar-refractivity contribution is -0.385. The molecule has 8 heteroatoms. The summed E-state index contributed by atoms with van der Waals surface area (Å²) in [4.78, 5) is 31.3. The summed E-state index contributed by atoms with van der Waals surface area (Å²) in [6.45, 7) is 6.32. The quantitative estimate of drug-likeness (QED) is 0.607. The fraction of sp³-hybridized carbons (Fsp3) is 0.412. The van der Waals surface area contributed by atoms with Gasteiger partial charge in [-0.05, 0) is 13.0 Å². The second-order valence-electron chi connectivity index (χ2n) is 6.19. The fourth-order valence-electron chi connectivity index (χ4n) is 2.97. The standard InChI is InChI=1S/C17H21N5O3/c1-14-2-3-15(12-16(14)22(24)25)17(23)21-10-8-19(9-11-21)6-7-20-5-4-18-13-20/h2-5,12-13H,6-11H2,1H3. The number of piperazine rings is 1. The Morgan fingerprint density at radius 3 is 2.64 bits per heavy atom. The van der Waals surface area contributed by atoms with Crippen molar-refractivity contribution in [3.05, 3.63) is 58.2 Å². The summed E-state index contributed by atoms with van der Waals surface area (Å²) in [6, 6.07) is 4.67. The Hall–Kier alpha value is -2.74. The van der Waals surface area contributed by atoms with E-state index in [9.17, 15) is 14.9 Å². The number of hydrogen-bond donors (Lipinski definition) is 0. The molecule has 0 saturated carbocycles. The number of nitro groups is 1. The number of carbonyl (C=O) groups is 1. The van der Waals surface area contributed by atoms with Crippen molar-refractivity contribution in [3.63, 3.8) is 0 Å². The number of aromatic nitrogens is 2. The molecule has 0 aliphatic carbocycles. The number of nitro benzene ring substituents is 1. The zero-order valence-electron chi connectivity index (χ0n) is 14.2. The Balaban J connectivity index is 1.56. The minimum Gasteiger partial charge on any atom is -0.336 e. The van der Waals surface area contributed by atoms with Crippen LogP contribution in [-0.2, 0) is 6.54 Å². The Morgan fingerprint density at radius 2 is 2.00 bits per heavy atom. The van der Waals surface area contributed by atoms with Crippen LogP contribution in [0.5, 0.6) is 0 Å². The number of carbonyl (C=O) groups excluding carboxylic acids is 1. The zero-order chi connectivity index (χ0) is 17.8. The Bertz CT molecular complexity index is 752. The van der Waals surface area contributed by atoms with E-state index in [1.807, 2.05) is 10.8 Å². The molecule has 3 rings (SSSR count). The van der Waals surface area contributed by atoms with Crippen molar-refractivity contribution >= 4 is 11.6 Å². The minimum atomic E-state index is -0.444. The second kappa shape index (κ2) is 7.43. The van der Waals surface area contributed by atoms with Crippen LogP contribution >= 0.6 is 0 Å². The SMILES string of the molecule is Cc1ccc(C(=O)N2CCN(CCn3ccnc3)CC2)cc1[N+](=O)[O-]. The van der Waals surface area contributed by atoms with Crippen molar-refractivity contribution in [2.24, 2.45) is 0 Å². The zero-order valence-corrected chi connectivity index (χ0v) is 14.2. The molecule has 25 heavy (non-hydrogen) atoms. The Labute approximate surface area is 145 Å². The normalized spacial score (nSPS) is 15.3. The average Bonchev–Trinajstić information content (AvgIpc) is 3.13. The lowest BCUT2D eigenvalue weighted by atomic mass is 10.1. The molecular weight excluding hydrogens is 322 g/mol. The van der Waals surface area contributed by atoms with Crippen LogP contribution in [0.15, 0.2) is 36.9 Å². The van der Waals surface area contributed by atoms with Crippen molar-refractivity contribution in [3.8, 4) is 0 Å². The van der Waals surface area contributed by atoms with E-state index in [0.717, 1.165) is 26.2 Å². The summed E-state index contributed by atoms with van der Waals surface area (Å²) in [5, 5.41) is 11.1. The van der Waals surface area contributed by atoms with Gasteiger partial charge in [-0.2, -0.15) is 0 Å². The van der Waals surface area contributed by atoms with Gasteiger partial charge in [0.2, 0.25) is 0 Å². The van der Waals surface area contributed by atoms with Gasteiger partial charge in [0.15, 0.2) is 0 Å². The van der Waals surface area contributed by atoms with E-state index in [1.54, 1.807) is 36.5 Å². The lowest BCUT2D eigenvalue weighted by Crippen LogP contribution is -2.49. The maximum absolute atomic E-state index is 12.6. The first kappa shape index (κ1) is 17.1. The fourth-order valence-corrected chi connectivity index (χ4v) is 2.97. The number of aryl methyl sites for hydroxylation is 1. The average molecular weight is 343 g/mol. The molecule has 0 radical (unpaired) electrons. The molecule has 2 heterocycles. The van der Waals surface area contributed by atoms with Crippen LogP contribution in [0.4, 0.5) is 5.69 Å². The molecule has 2 aromatic rings. The van der Waals surface area contributed by atoms with Gasteiger partial charge in [-0.15, -0.1) is 0 Å². The van der Waals surface area contributed by atoms with Crippen molar-refractivity contribution in [1.29, 1.82) is 0 Å². The van der Waals surface area contributed by atoms with Gasteiger partial charge in [-0.3, -0.25) is 19.8 Å². The summed E-state index contributed by atoms with van der Waals surface area (Å²) in [6.07, 6.45) is 5.49. The van der Waals surface area contributed by atoms with Gasteiger partial charge in [-0.1, -0.05) is 6.07 Å². The van der Waals surface area contributed by atoms with Gasteiger partial charge >= 0.3 is 0 Å². The van der Waals surface area contributed by atoms with E-state index >= 15 is 0 Å². The van der Waals surface area contributed by atoms with Gasteiger partial charge < -0.3 is 9.47 Å². The van der Waals surface area contributed by atoms with E-state index < -0.39 is 4.92 Å². The van der Waals surface area contributed by atoms with E-state index in [1.165, 1.54) is 6.07 Å². The summed E-state index contributed by atoms with van der Waals surface area (Å²) in [5.74, 6) is -0.141. The van der Waals surface area contributed by atoms with E-state index in [4.69, 9.17) is 0 Å². The summed E-state index contributed by atoms with van der Waals surface area (Å²) < 4.78 is 2.03. The lowest BCUT2D eigenvalue weighted by Gasteiger charge is -2.34. The third kappa shape index (κ3) is 4.03. The summed E-state index contributed by atoms with van der Waals surface area (Å²) in [5.41, 5.74) is 0.930. The van der Waals surface area contributed by atoms with E-state index in [-0.39, 0.29) is 11.6 Å². The number of amides is 1. The van der Waals surface area contributed by atoms with Crippen LogP contribution < -0.4 is 0 Å². The van der Waals surface area contributed by atoms with Gasteiger partial charge in [0.05, 0.1) is 11.3 Å². The molecule has 1 saturated heterocycles. The predicted octanol–water partition coefficient (Wildman–Crippen LogP) is 1.56. The molecule has 0 atom stereocenters. The van der Waals surface area contributed by atoms with Gasteiger partial charge in [0, 0.05) is 68.9 Å². The summed E-state index contributed by atoms with van der Waals surface area (Å²) in [7, 11) is 0. The number of rotatable bonds is 5. The molecule has 1 amide bonds. The van der Waals surface area contributed by atoms with Crippen molar-refractivity contribution in [2.75, 3.05) is 32.7 Å². The van der Waals surface area contributed by atoms with Crippen LogP contribution in [0.3, 0.4) is 0 Å². The van der Waals surface area contributed by atoms with Gasteiger partial charge in [0.1, 0.15) is 0 Å². The molecule has 0 N–H and O–H groups in total. The molecule has 1 aromatic carbocycles. The third-order valence-corrected chi connectivity index (χ3v) is 4.55.